The van der Waals surface area contributed by atoms with Gasteiger partial charge < -0.3 is 10.0 Å². The van der Waals surface area contributed by atoms with E-state index in [2.05, 4.69) is 0 Å². The maximum atomic E-state index is 11.6. The highest BCUT2D eigenvalue weighted by Crippen LogP contribution is 2.45. The monoisotopic (exact) mass is 215 g/mol. The van der Waals surface area contributed by atoms with Crippen LogP contribution in [-0.2, 0) is 9.59 Å². The fourth-order valence-corrected chi connectivity index (χ4v) is 3.70. The fraction of sp³-hybridized carbons (Fsp3) is 0.778. The summed E-state index contributed by atoms with van der Waals surface area (Å²) < 4.78 is 0. The molecule has 0 saturated carbocycles. The molecule has 0 spiro atoms. The standard InChI is InChI=1S/C9H13NO3S/c1-9-4-2-3-7(11)10(9)6(5-14-9)8(12)13/h6H,2-5H2,1H3,(H,12,13). The van der Waals surface area contributed by atoms with Gasteiger partial charge in [-0.25, -0.2) is 4.79 Å². The van der Waals surface area contributed by atoms with Gasteiger partial charge in [-0.05, 0) is 19.8 Å². The molecule has 2 aliphatic heterocycles. The summed E-state index contributed by atoms with van der Waals surface area (Å²) >= 11 is 1.59. The zero-order chi connectivity index (χ0) is 10.3. The molecule has 2 heterocycles. The highest BCUT2D eigenvalue weighted by atomic mass is 32.2. The van der Waals surface area contributed by atoms with Crippen molar-refractivity contribution in [2.75, 3.05) is 5.75 Å². The molecule has 0 aliphatic carbocycles. The van der Waals surface area contributed by atoms with Crippen LogP contribution in [0.3, 0.4) is 0 Å². The summed E-state index contributed by atoms with van der Waals surface area (Å²) in [7, 11) is 0. The molecule has 2 rings (SSSR count). The number of nitrogens with zero attached hydrogens (tertiary/aromatic N) is 1. The summed E-state index contributed by atoms with van der Waals surface area (Å²) in [4.78, 5) is 23.9. The van der Waals surface area contributed by atoms with Crippen LogP contribution in [0.4, 0.5) is 0 Å². The molecule has 0 bridgehead atoms. The Kier molecular flexibility index (Phi) is 2.21. The van der Waals surface area contributed by atoms with Gasteiger partial charge in [-0.2, -0.15) is 0 Å². The minimum Gasteiger partial charge on any atom is -0.480 e. The first-order valence-electron chi connectivity index (χ1n) is 4.73. The predicted octanol–water partition coefficient (Wildman–Crippen LogP) is 0.915. The predicted molar refractivity (Wildman–Crippen MR) is 53.0 cm³/mol. The molecule has 1 N–H and O–H groups in total. The van der Waals surface area contributed by atoms with Crippen molar-refractivity contribution in [3.8, 4) is 0 Å². The quantitative estimate of drug-likeness (QED) is 0.706. The SMILES string of the molecule is CC12CCCC(=O)N1C(C(=O)O)CS2. The van der Waals surface area contributed by atoms with E-state index in [1.165, 1.54) is 0 Å². The van der Waals surface area contributed by atoms with E-state index in [-0.39, 0.29) is 10.8 Å². The Hall–Kier alpha value is -0.710. The Morgan fingerprint density at radius 1 is 1.71 bits per heavy atom. The van der Waals surface area contributed by atoms with Gasteiger partial charge in [0.1, 0.15) is 6.04 Å². The Morgan fingerprint density at radius 3 is 3.07 bits per heavy atom. The average Bonchev–Trinajstić information content (AvgIpc) is 2.43. The Balaban J connectivity index is 2.29. The van der Waals surface area contributed by atoms with Crippen molar-refractivity contribution < 1.29 is 14.7 Å². The molecule has 78 valence electrons. The number of carbonyl (C=O) groups excluding carboxylic acids is 1. The molecule has 2 fully saturated rings. The van der Waals surface area contributed by atoms with Gasteiger partial charge >= 0.3 is 5.97 Å². The smallest absolute Gasteiger partial charge is 0.327 e. The van der Waals surface area contributed by atoms with E-state index in [9.17, 15) is 9.59 Å². The van der Waals surface area contributed by atoms with Crippen molar-refractivity contribution in [3.63, 3.8) is 0 Å². The van der Waals surface area contributed by atoms with Crippen molar-refractivity contribution in [1.82, 2.24) is 4.90 Å². The molecule has 2 saturated heterocycles. The van der Waals surface area contributed by atoms with E-state index in [1.54, 1.807) is 16.7 Å². The third-order valence-electron chi connectivity index (χ3n) is 2.96. The topological polar surface area (TPSA) is 57.6 Å². The van der Waals surface area contributed by atoms with Gasteiger partial charge in [-0.3, -0.25) is 4.79 Å². The number of carboxylic acid groups (broad SMARTS) is 1. The number of thioether (sulfide) groups is 1. The second kappa shape index (κ2) is 3.15. The van der Waals surface area contributed by atoms with Crippen LogP contribution < -0.4 is 0 Å². The van der Waals surface area contributed by atoms with Gasteiger partial charge in [-0.15, -0.1) is 11.8 Å². The van der Waals surface area contributed by atoms with Gasteiger partial charge in [0.05, 0.1) is 4.87 Å². The molecule has 0 aromatic rings. The molecule has 1 amide bonds. The molecule has 0 aromatic heterocycles. The molecular weight excluding hydrogens is 202 g/mol. The van der Waals surface area contributed by atoms with Crippen LogP contribution in [0.1, 0.15) is 26.2 Å². The van der Waals surface area contributed by atoms with Crippen LogP contribution in [0.5, 0.6) is 0 Å². The number of carboxylic acids is 1. The Bertz CT molecular complexity index is 294. The number of carbonyl (C=O) groups is 2. The van der Waals surface area contributed by atoms with Gasteiger partial charge in [-0.1, -0.05) is 0 Å². The average molecular weight is 215 g/mol. The second-order valence-electron chi connectivity index (χ2n) is 3.96. The lowest BCUT2D eigenvalue weighted by molar-refractivity contribution is -0.152. The number of piperidine rings is 1. The van der Waals surface area contributed by atoms with E-state index in [0.717, 1.165) is 12.8 Å². The normalized spacial score (nSPS) is 37.1. The minimum absolute atomic E-state index is 0.00356. The molecular formula is C9H13NO3S. The van der Waals surface area contributed by atoms with E-state index in [0.29, 0.717) is 12.2 Å². The molecule has 2 atom stereocenters. The lowest BCUT2D eigenvalue weighted by Crippen LogP contribution is -2.53. The number of fused-ring (bicyclic) bond motifs is 1. The molecule has 2 unspecified atom stereocenters. The summed E-state index contributed by atoms with van der Waals surface area (Å²) in [5, 5.41) is 8.98. The van der Waals surface area contributed by atoms with Gasteiger partial charge in [0.2, 0.25) is 5.91 Å². The Morgan fingerprint density at radius 2 is 2.43 bits per heavy atom. The molecule has 2 aliphatic rings. The number of amides is 1. The first kappa shape index (κ1) is 9.83. The Labute approximate surface area is 86.6 Å². The van der Waals surface area contributed by atoms with Crippen LogP contribution >= 0.6 is 11.8 Å². The van der Waals surface area contributed by atoms with E-state index in [4.69, 9.17) is 5.11 Å². The van der Waals surface area contributed by atoms with Crippen LogP contribution in [0.15, 0.2) is 0 Å². The maximum Gasteiger partial charge on any atom is 0.327 e. The van der Waals surface area contributed by atoms with E-state index in [1.807, 2.05) is 6.92 Å². The summed E-state index contributed by atoms with van der Waals surface area (Å²) in [6.07, 6.45) is 2.29. The zero-order valence-electron chi connectivity index (χ0n) is 8.02. The molecule has 4 nitrogen and oxygen atoms in total. The zero-order valence-corrected chi connectivity index (χ0v) is 8.84. The summed E-state index contributed by atoms with van der Waals surface area (Å²) in [5.41, 5.74) is 0. The van der Waals surface area contributed by atoms with E-state index >= 15 is 0 Å². The lowest BCUT2D eigenvalue weighted by Gasteiger charge is -2.39. The summed E-state index contributed by atoms with van der Waals surface area (Å²) in [5.74, 6) is -0.356. The van der Waals surface area contributed by atoms with Crippen molar-refractivity contribution in [2.24, 2.45) is 0 Å². The first-order valence-corrected chi connectivity index (χ1v) is 5.72. The lowest BCUT2D eigenvalue weighted by atomic mass is 10.0. The first-order chi connectivity index (χ1) is 6.54. The van der Waals surface area contributed by atoms with Crippen LogP contribution in [0, 0.1) is 0 Å². The molecule has 5 heteroatoms. The minimum atomic E-state index is -0.878. The fourth-order valence-electron chi connectivity index (χ4n) is 2.23. The third kappa shape index (κ3) is 1.30. The summed E-state index contributed by atoms with van der Waals surface area (Å²) in [6.45, 7) is 1.97. The molecule has 0 aromatic carbocycles. The van der Waals surface area contributed by atoms with Crippen molar-refractivity contribution >= 4 is 23.6 Å². The highest BCUT2D eigenvalue weighted by Gasteiger charge is 2.50. The van der Waals surface area contributed by atoms with E-state index < -0.39 is 12.0 Å². The number of hydrogen-bond acceptors (Lipinski definition) is 3. The second-order valence-corrected chi connectivity index (χ2v) is 5.46. The number of rotatable bonds is 1. The number of hydrogen-bond donors (Lipinski definition) is 1. The maximum absolute atomic E-state index is 11.6. The number of aliphatic carboxylic acids is 1. The van der Waals surface area contributed by atoms with Crippen molar-refractivity contribution in [2.45, 2.75) is 37.1 Å². The van der Waals surface area contributed by atoms with Crippen molar-refractivity contribution in [1.29, 1.82) is 0 Å². The van der Waals surface area contributed by atoms with Crippen molar-refractivity contribution in [3.05, 3.63) is 0 Å². The molecule has 14 heavy (non-hydrogen) atoms. The van der Waals surface area contributed by atoms with Crippen LogP contribution in [-0.4, -0.2) is 38.5 Å². The highest BCUT2D eigenvalue weighted by molar-refractivity contribution is 8.00. The van der Waals surface area contributed by atoms with Gasteiger partial charge in [0, 0.05) is 12.2 Å². The van der Waals surface area contributed by atoms with Gasteiger partial charge in [0.15, 0.2) is 0 Å². The largest absolute Gasteiger partial charge is 0.480 e. The third-order valence-corrected chi connectivity index (χ3v) is 4.46. The van der Waals surface area contributed by atoms with Crippen LogP contribution in [0.2, 0.25) is 0 Å². The molecule has 0 radical (unpaired) electrons. The summed E-state index contributed by atoms with van der Waals surface area (Å²) in [6, 6.07) is -0.613. The van der Waals surface area contributed by atoms with Crippen LogP contribution in [0.25, 0.3) is 0 Å². The van der Waals surface area contributed by atoms with Gasteiger partial charge in [0.25, 0.3) is 0 Å².